The van der Waals surface area contributed by atoms with Crippen LogP contribution in [0.3, 0.4) is 0 Å². The fourth-order valence-electron chi connectivity index (χ4n) is 3.23. The van der Waals surface area contributed by atoms with Crippen molar-refractivity contribution in [2.24, 2.45) is 0 Å². The molecule has 7 heteroatoms. The van der Waals surface area contributed by atoms with Gasteiger partial charge in [-0.15, -0.1) is 11.3 Å². The molecule has 1 N–H and O–H groups in total. The minimum atomic E-state index is -0.0118. The Balaban J connectivity index is 1.50. The number of para-hydroxylation sites is 1. The van der Waals surface area contributed by atoms with Crippen molar-refractivity contribution in [3.05, 3.63) is 45.4 Å². The van der Waals surface area contributed by atoms with Crippen LogP contribution >= 0.6 is 11.3 Å². The topological polar surface area (TPSA) is 65.5 Å². The summed E-state index contributed by atoms with van der Waals surface area (Å²) in [5.74, 6) is 0.0362. The highest BCUT2D eigenvalue weighted by atomic mass is 32.1. The Morgan fingerprint density at radius 2 is 1.81 bits per heavy atom. The zero-order valence-corrected chi connectivity index (χ0v) is 16.9. The third-order valence-electron chi connectivity index (χ3n) is 4.84. The molecular formula is C20H26N4O2S. The number of anilines is 1. The highest BCUT2D eigenvalue weighted by molar-refractivity contribution is 7.13. The molecule has 1 saturated heterocycles. The van der Waals surface area contributed by atoms with Crippen LogP contribution in [0.25, 0.3) is 0 Å². The number of aryl methyl sites for hydroxylation is 3. The fourth-order valence-corrected chi connectivity index (χ4v) is 4.06. The van der Waals surface area contributed by atoms with Crippen molar-refractivity contribution < 1.29 is 9.59 Å². The average molecular weight is 387 g/mol. The predicted molar refractivity (Wildman–Crippen MR) is 108 cm³/mol. The Kier molecular flexibility index (Phi) is 6.23. The maximum Gasteiger partial charge on any atom is 0.265 e. The van der Waals surface area contributed by atoms with Crippen molar-refractivity contribution in [1.29, 1.82) is 0 Å². The predicted octanol–water partition coefficient (Wildman–Crippen LogP) is 2.72. The molecule has 0 atom stereocenters. The summed E-state index contributed by atoms with van der Waals surface area (Å²) >= 11 is 1.47. The molecule has 1 aromatic heterocycles. The number of amides is 2. The second-order valence-electron chi connectivity index (χ2n) is 6.86. The van der Waals surface area contributed by atoms with Gasteiger partial charge in [0.05, 0.1) is 17.7 Å². The van der Waals surface area contributed by atoms with Crippen molar-refractivity contribution >= 4 is 28.8 Å². The van der Waals surface area contributed by atoms with Crippen LogP contribution in [0, 0.1) is 13.8 Å². The Labute approximate surface area is 164 Å². The van der Waals surface area contributed by atoms with E-state index in [4.69, 9.17) is 0 Å². The van der Waals surface area contributed by atoms with Crippen LogP contribution in [0.5, 0.6) is 0 Å². The SMILES string of the molecule is CCc1ncc(C(=O)N2CCN(CC(=O)Nc3c(C)cccc3C)CC2)s1. The van der Waals surface area contributed by atoms with Crippen molar-refractivity contribution in [2.45, 2.75) is 27.2 Å². The van der Waals surface area contributed by atoms with Gasteiger partial charge >= 0.3 is 0 Å². The van der Waals surface area contributed by atoms with E-state index in [0.717, 1.165) is 28.2 Å². The molecule has 0 unspecified atom stereocenters. The van der Waals surface area contributed by atoms with Gasteiger partial charge in [0.1, 0.15) is 4.88 Å². The Morgan fingerprint density at radius 3 is 2.41 bits per heavy atom. The van der Waals surface area contributed by atoms with E-state index < -0.39 is 0 Å². The molecule has 1 fully saturated rings. The molecule has 144 valence electrons. The van der Waals surface area contributed by atoms with Crippen molar-refractivity contribution in [1.82, 2.24) is 14.8 Å². The fraction of sp³-hybridized carbons (Fsp3) is 0.450. The smallest absolute Gasteiger partial charge is 0.265 e. The molecule has 27 heavy (non-hydrogen) atoms. The summed E-state index contributed by atoms with van der Waals surface area (Å²) < 4.78 is 0. The van der Waals surface area contributed by atoms with Gasteiger partial charge in [-0.05, 0) is 31.4 Å². The summed E-state index contributed by atoms with van der Waals surface area (Å²) in [6.45, 7) is 9.04. The summed E-state index contributed by atoms with van der Waals surface area (Å²) in [6.07, 6.45) is 2.53. The number of thiazole rings is 1. The van der Waals surface area contributed by atoms with Gasteiger partial charge in [-0.3, -0.25) is 14.5 Å². The first-order valence-corrected chi connectivity index (χ1v) is 10.1. The number of hydrogen-bond donors (Lipinski definition) is 1. The molecule has 0 aliphatic carbocycles. The van der Waals surface area contributed by atoms with E-state index in [1.807, 2.05) is 43.9 Å². The van der Waals surface area contributed by atoms with Crippen LogP contribution < -0.4 is 5.32 Å². The molecule has 2 heterocycles. The molecule has 3 rings (SSSR count). The minimum Gasteiger partial charge on any atom is -0.335 e. The maximum absolute atomic E-state index is 12.6. The lowest BCUT2D eigenvalue weighted by Gasteiger charge is -2.34. The normalized spacial score (nSPS) is 15.0. The van der Waals surface area contributed by atoms with Crippen molar-refractivity contribution in [2.75, 3.05) is 38.0 Å². The van der Waals surface area contributed by atoms with E-state index in [-0.39, 0.29) is 11.8 Å². The van der Waals surface area contributed by atoms with Crippen LogP contribution in [0.4, 0.5) is 5.69 Å². The van der Waals surface area contributed by atoms with Crippen molar-refractivity contribution in [3.8, 4) is 0 Å². The van der Waals surface area contributed by atoms with E-state index in [0.29, 0.717) is 37.6 Å². The van der Waals surface area contributed by atoms with Gasteiger partial charge in [0, 0.05) is 31.9 Å². The van der Waals surface area contributed by atoms with E-state index in [1.165, 1.54) is 11.3 Å². The minimum absolute atomic E-state index is 0.0118. The average Bonchev–Trinajstić information content (AvgIpc) is 3.14. The zero-order chi connectivity index (χ0) is 19.4. The van der Waals surface area contributed by atoms with E-state index in [9.17, 15) is 9.59 Å². The van der Waals surface area contributed by atoms with Gasteiger partial charge in [0.15, 0.2) is 0 Å². The molecule has 1 aliphatic heterocycles. The second-order valence-corrected chi connectivity index (χ2v) is 7.97. The number of piperazine rings is 1. The molecule has 1 aliphatic rings. The molecule has 2 amide bonds. The Hall–Kier alpha value is -2.25. The van der Waals surface area contributed by atoms with Crippen LogP contribution in [0.2, 0.25) is 0 Å². The van der Waals surface area contributed by atoms with E-state index >= 15 is 0 Å². The third-order valence-corrected chi connectivity index (χ3v) is 5.97. The van der Waals surface area contributed by atoms with Gasteiger partial charge in [-0.2, -0.15) is 0 Å². The quantitative estimate of drug-likeness (QED) is 0.858. The van der Waals surface area contributed by atoms with Gasteiger partial charge in [-0.25, -0.2) is 4.98 Å². The number of rotatable bonds is 5. The first kappa shape index (κ1) is 19.5. The first-order valence-electron chi connectivity index (χ1n) is 9.30. The lowest BCUT2D eigenvalue weighted by molar-refractivity contribution is -0.117. The highest BCUT2D eigenvalue weighted by Gasteiger charge is 2.24. The molecule has 0 bridgehead atoms. The van der Waals surface area contributed by atoms with Gasteiger partial charge in [0.25, 0.3) is 5.91 Å². The summed E-state index contributed by atoms with van der Waals surface area (Å²) in [7, 11) is 0. The lowest BCUT2D eigenvalue weighted by Crippen LogP contribution is -2.50. The lowest BCUT2D eigenvalue weighted by atomic mass is 10.1. The standard InChI is InChI=1S/C20H26N4O2S/c1-4-18-21-12-16(27-18)20(26)24-10-8-23(9-11-24)13-17(25)22-19-14(2)6-5-7-15(19)3/h5-7,12H,4,8-11,13H2,1-3H3,(H,22,25). The summed E-state index contributed by atoms with van der Waals surface area (Å²) in [4.78, 5) is 33.9. The number of aromatic nitrogens is 1. The molecule has 1 aromatic carbocycles. The highest BCUT2D eigenvalue weighted by Crippen LogP contribution is 2.20. The summed E-state index contributed by atoms with van der Waals surface area (Å²) in [5, 5.41) is 4.01. The molecule has 0 spiro atoms. The van der Waals surface area contributed by atoms with Gasteiger partial charge in [-0.1, -0.05) is 25.1 Å². The number of carbonyl (C=O) groups excluding carboxylic acids is 2. The van der Waals surface area contributed by atoms with Gasteiger partial charge < -0.3 is 10.2 Å². The Bertz CT molecular complexity index is 805. The number of benzene rings is 1. The largest absolute Gasteiger partial charge is 0.335 e. The van der Waals surface area contributed by atoms with E-state index in [1.54, 1.807) is 6.20 Å². The van der Waals surface area contributed by atoms with Crippen molar-refractivity contribution in [3.63, 3.8) is 0 Å². The summed E-state index contributed by atoms with van der Waals surface area (Å²) in [5.41, 5.74) is 3.03. The number of carbonyl (C=O) groups is 2. The third kappa shape index (κ3) is 4.73. The van der Waals surface area contributed by atoms with Crippen LogP contribution in [-0.2, 0) is 11.2 Å². The molecule has 2 aromatic rings. The first-order chi connectivity index (χ1) is 13.0. The Morgan fingerprint density at radius 1 is 1.15 bits per heavy atom. The van der Waals surface area contributed by atoms with Crippen LogP contribution in [0.1, 0.15) is 32.7 Å². The molecule has 6 nitrogen and oxygen atoms in total. The van der Waals surface area contributed by atoms with Crippen LogP contribution in [0.15, 0.2) is 24.4 Å². The van der Waals surface area contributed by atoms with E-state index in [2.05, 4.69) is 15.2 Å². The van der Waals surface area contributed by atoms with Gasteiger partial charge in [0.2, 0.25) is 5.91 Å². The number of nitrogens with one attached hydrogen (secondary N) is 1. The maximum atomic E-state index is 12.6. The zero-order valence-electron chi connectivity index (χ0n) is 16.1. The number of nitrogens with zero attached hydrogens (tertiary/aromatic N) is 3. The molecular weight excluding hydrogens is 360 g/mol. The summed E-state index contributed by atoms with van der Waals surface area (Å²) in [6, 6.07) is 5.98. The van der Waals surface area contributed by atoms with Crippen LogP contribution in [-0.4, -0.2) is 59.3 Å². The molecule has 0 radical (unpaired) electrons. The second kappa shape index (κ2) is 8.63. The monoisotopic (exact) mass is 386 g/mol. The molecule has 0 saturated carbocycles. The number of hydrogen-bond acceptors (Lipinski definition) is 5.